The van der Waals surface area contributed by atoms with Gasteiger partial charge in [-0.3, -0.25) is 4.79 Å². The van der Waals surface area contributed by atoms with E-state index in [1.807, 2.05) is 29.6 Å². The Bertz CT molecular complexity index is 491. The standard InChI is InChI=1S/C14H13BrOS2/c15-11-5-7-12(8-6-11)17-9-1-3-13(16)14-4-2-10-18-14/h2,4-8,10H,1,3,9H2. The van der Waals surface area contributed by atoms with E-state index < -0.39 is 0 Å². The van der Waals surface area contributed by atoms with Gasteiger partial charge in [-0.25, -0.2) is 0 Å². The molecule has 0 fully saturated rings. The molecule has 0 aliphatic heterocycles. The third-order valence-corrected chi connectivity index (χ3v) is 4.96. The van der Waals surface area contributed by atoms with E-state index in [1.54, 1.807) is 11.8 Å². The smallest absolute Gasteiger partial charge is 0.172 e. The maximum absolute atomic E-state index is 11.8. The SMILES string of the molecule is O=C(CCCSc1ccc(Br)cc1)c1cccs1. The number of halogens is 1. The molecule has 0 unspecified atom stereocenters. The Kier molecular flexibility index (Phi) is 5.47. The molecule has 0 aliphatic carbocycles. The van der Waals surface area contributed by atoms with Gasteiger partial charge in [-0.15, -0.1) is 23.1 Å². The molecule has 1 heterocycles. The summed E-state index contributed by atoms with van der Waals surface area (Å²) in [6, 6.07) is 12.1. The van der Waals surface area contributed by atoms with Crippen molar-refractivity contribution in [3.05, 3.63) is 51.1 Å². The zero-order valence-corrected chi connectivity index (χ0v) is 13.0. The first kappa shape index (κ1) is 13.8. The number of thiophene rings is 1. The van der Waals surface area contributed by atoms with Crippen molar-refractivity contribution in [2.24, 2.45) is 0 Å². The minimum Gasteiger partial charge on any atom is -0.293 e. The number of ketones is 1. The largest absolute Gasteiger partial charge is 0.293 e. The van der Waals surface area contributed by atoms with Crippen molar-refractivity contribution >= 4 is 44.8 Å². The van der Waals surface area contributed by atoms with Crippen LogP contribution in [0.15, 0.2) is 51.1 Å². The number of hydrogen-bond donors (Lipinski definition) is 0. The molecule has 0 saturated heterocycles. The summed E-state index contributed by atoms with van der Waals surface area (Å²) in [6.45, 7) is 0. The highest BCUT2D eigenvalue weighted by Gasteiger charge is 2.06. The normalized spacial score (nSPS) is 10.5. The number of carbonyl (C=O) groups excluding carboxylic acids is 1. The fourth-order valence-electron chi connectivity index (χ4n) is 1.51. The monoisotopic (exact) mass is 340 g/mol. The highest BCUT2D eigenvalue weighted by Crippen LogP contribution is 2.22. The second-order valence-electron chi connectivity index (χ2n) is 3.81. The molecule has 0 amide bonds. The Balaban J connectivity index is 1.70. The minimum atomic E-state index is 0.265. The molecular weight excluding hydrogens is 328 g/mol. The highest BCUT2D eigenvalue weighted by molar-refractivity contribution is 9.10. The predicted molar refractivity (Wildman–Crippen MR) is 82.7 cm³/mol. The average molecular weight is 341 g/mol. The Morgan fingerprint density at radius 3 is 2.67 bits per heavy atom. The van der Waals surface area contributed by atoms with Gasteiger partial charge in [-0.05, 0) is 47.9 Å². The molecule has 1 aromatic heterocycles. The van der Waals surface area contributed by atoms with Crippen LogP contribution in [-0.2, 0) is 0 Å². The van der Waals surface area contributed by atoms with Crippen LogP contribution in [0.4, 0.5) is 0 Å². The van der Waals surface area contributed by atoms with E-state index in [2.05, 4.69) is 28.1 Å². The Morgan fingerprint density at radius 1 is 1.22 bits per heavy atom. The van der Waals surface area contributed by atoms with Crippen molar-refractivity contribution in [2.45, 2.75) is 17.7 Å². The maximum Gasteiger partial charge on any atom is 0.172 e. The number of benzene rings is 1. The van der Waals surface area contributed by atoms with Crippen LogP contribution in [0, 0.1) is 0 Å². The van der Waals surface area contributed by atoms with Crippen molar-refractivity contribution < 1.29 is 4.79 Å². The molecule has 0 bridgehead atoms. The van der Waals surface area contributed by atoms with E-state index in [0.717, 1.165) is 21.5 Å². The van der Waals surface area contributed by atoms with Gasteiger partial charge in [0.2, 0.25) is 0 Å². The second kappa shape index (κ2) is 7.12. The summed E-state index contributed by atoms with van der Waals surface area (Å²) in [5, 5.41) is 1.95. The van der Waals surface area contributed by atoms with Crippen molar-refractivity contribution in [1.82, 2.24) is 0 Å². The number of carbonyl (C=O) groups is 1. The van der Waals surface area contributed by atoms with Gasteiger partial charge in [0, 0.05) is 15.8 Å². The van der Waals surface area contributed by atoms with E-state index in [9.17, 15) is 4.79 Å². The van der Waals surface area contributed by atoms with Crippen LogP contribution in [-0.4, -0.2) is 11.5 Å². The molecule has 0 spiro atoms. The van der Waals surface area contributed by atoms with Crippen molar-refractivity contribution in [3.63, 3.8) is 0 Å². The van der Waals surface area contributed by atoms with Gasteiger partial charge in [0.1, 0.15) is 0 Å². The van der Waals surface area contributed by atoms with Crippen LogP contribution < -0.4 is 0 Å². The molecule has 0 saturated carbocycles. The van der Waals surface area contributed by atoms with Crippen molar-refractivity contribution in [2.75, 3.05) is 5.75 Å². The van der Waals surface area contributed by atoms with Gasteiger partial charge >= 0.3 is 0 Å². The number of thioether (sulfide) groups is 1. The zero-order valence-electron chi connectivity index (χ0n) is 9.77. The summed E-state index contributed by atoms with van der Waals surface area (Å²) in [4.78, 5) is 13.9. The minimum absolute atomic E-state index is 0.265. The number of Topliss-reactive ketones (excluding diaryl/α,β-unsaturated/α-hetero) is 1. The topological polar surface area (TPSA) is 17.1 Å². The Hall–Kier alpha value is -0.580. The maximum atomic E-state index is 11.8. The lowest BCUT2D eigenvalue weighted by atomic mass is 10.2. The van der Waals surface area contributed by atoms with Gasteiger partial charge in [0.15, 0.2) is 5.78 Å². The summed E-state index contributed by atoms with van der Waals surface area (Å²) in [5.41, 5.74) is 0. The molecule has 94 valence electrons. The van der Waals surface area contributed by atoms with Crippen LogP contribution >= 0.6 is 39.0 Å². The predicted octanol–water partition coefficient (Wildman–Crippen LogP) is 5.27. The Labute approximate surface area is 124 Å². The van der Waals surface area contributed by atoms with Crippen LogP contribution in [0.3, 0.4) is 0 Å². The molecule has 2 aromatic rings. The molecule has 4 heteroatoms. The first-order valence-electron chi connectivity index (χ1n) is 5.71. The second-order valence-corrected chi connectivity index (χ2v) is 6.84. The molecule has 18 heavy (non-hydrogen) atoms. The third kappa shape index (κ3) is 4.26. The molecule has 0 radical (unpaired) electrons. The highest BCUT2D eigenvalue weighted by atomic mass is 79.9. The van der Waals surface area contributed by atoms with Gasteiger partial charge in [0.25, 0.3) is 0 Å². The van der Waals surface area contributed by atoms with E-state index in [-0.39, 0.29) is 5.78 Å². The molecule has 1 aromatic carbocycles. The lowest BCUT2D eigenvalue weighted by Gasteiger charge is -2.01. The van der Waals surface area contributed by atoms with E-state index >= 15 is 0 Å². The van der Waals surface area contributed by atoms with E-state index in [1.165, 1.54) is 16.2 Å². The molecule has 1 nitrogen and oxygen atoms in total. The van der Waals surface area contributed by atoms with Crippen molar-refractivity contribution in [1.29, 1.82) is 0 Å². The molecule has 0 aliphatic rings. The van der Waals surface area contributed by atoms with E-state index in [4.69, 9.17) is 0 Å². The van der Waals surface area contributed by atoms with Gasteiger partial charge in [-0.1, -0.05) is 22.0 Å². The first-order valence-corrected chi connectivity index (χ1v) is 8.36. The Morgan fingerprint density at radius 2 is 2.00 bits per heavy atom. The van der Waals surface area contributed by atoms with Gasteiger partial charge in [-0.2, -0.15) is 0 Å². The molecule has 0 N–H and O–H groups in total. The average Bonchev–Trinajstić information content (AvgIpc) is 2.90. The lowest BCUT2D eigenvalue weighted by molar-refractivity contribution is 0.0986. The van der Waals surface area contributed by atoms with Gasteiger partial charge < -0.3 is 0 Å². The van der Waals surface area contributed by atoms with Gasteiger partial charge in [0.05, 0.1) is 4.88 Å². The fraction of sp³-hybridized carbons (Fsp3) is 0.214. The molecule has 0 atom stereocenters. The van der Waals surface area contributed by atoms with Crippen LogP contribution in [0.25, 0.3) is 0 Å². The lowest BCUT2D eigenvalue weighted by Crippen LogP contribution is -1.96. The quantitative estimate of drug-likeness (QED) is 0.405. The first-order chi connectivity index (χ1) is 8.75. The van der Waals surface area contributed by atoms with E-state index in [0.29, 0.717) is 6.42 Å². The zero-order chi connectivity index (χ0) is 12.8. The number of rotatable bonds is 6. The van der Waals surface area contributed by atoms with Crippen LogP contribution in [0.5, 0.6) is 0 Å². The summed E-state index contributed by atoms with van der Waals surface area (Å²) in [6.07, 6.45) is 1.57. The van der Waals surface area contributed by atoms with Crippen LogP contribution in [0.2, 0.25) is 0 Å². The summed E-state index contributed by atoms with van der Waals surface area (Å²) in [7, 11) is 0. The summed E-state index contributed by atoms with van der Waals surface area (Å²) in [5.74, 6) is 1.25. The van der Waals surface area contributed by atoms with Crippen LogP contribution in [0.1, 0.15) is 22.5 Å². The third-order valence-electron chi connectivity index (χ3n) is 2.43. The fourth-order valence-corrected chi connectivity index (χ4v) is 3.33. The summed E-state index contributed by atoms with van der Waals surface area (Å²) < 4.78 is 1.10. The number of hydrogen-bond acceptors (Lipinski definition) is 3. The molecular formula is C14H13BrOS2. The summed E-state index contributed by atoms with van der Waals surface area (Å²) >= 11 is 6.74. The van der Waals surface area contributed by atoms with Crippen molar-refractivity contribution in [3.8, 4) is 0 Å². The molecule has 2 rings (SSSR count).